The first-order valence-electron chi connectivity index (χ1n) is 5.00. The first kappa shape index (κ1) is 13.0. The Kier molecular flexibility index (Phi) is 3.91. The number of esters is 1. The number of rotatable bonds is 4. The molecule has 5 heteroatoms. The zero-order chi connectivity index (χ0) is 12.3. The van der Waals surface area contributed by atoms with Gasteiger partial charge in [0, 0.05) is 16.6 Å². The lowest BCUT2D eigenvalue weighted by atomic mass is 10.1. The monoisotopic (exact) mass is 244 g/mol. The molecule has 1 heterocycles. The topological polar surface area (TPSA) is 56.5 Å². The molecule has 90 valence electrons. The molecule has 0 amide bonds. The Morgan fingerprint density at radius 3 is 2.62 bits per heavy atom. The predicted molar refractivity (Wildman–Crippen MR) is 61.8 cm³/mol. The van der Waals surface area contributed by atoms with Crippen LogP contribution in [0.1, 0.15) is 37.1 Å². The highest BCUT2D eigenvalue weighted by Crippen LogP contribution is 2.29. The van der Waals surface area contributed by atoms with Crippen LogP contribution in [0.15, 0.2) is 16.5 Å². The molecule has 0 N–H and O–H groups in total. The van der Waals surface area contributed by atoms with E-state index >= 15 is 0 Å². The molecule has 1 aromatic rings. The Balaban J connectivity index is 3.02. The van der Waals surface area contributed by atoms with Gasteiger partial charge in [0.2, 0.25) is 5.76 Å². The summed E-state index contributed by atoms with van der Waals surface area (Å²) in [5, 5.41) is 0. The van der Waals surface area contributed by atoms with E-state index < -0.39 is 21.5 Å². The summed E-state index contributed by atoms with van der Waals surface area (Å²) in [5.74, 6) is 0.692. The molecule has 0 saturated heterocycles. The average molecular weight is 244 g/mol. The zero-order valence-electron chi connectivity index (χ0n) is 9.90. The third-order valence-electron chi connectivity index (χ3n) is 2.42. The molecule has 0 aromatic carbocycles. The third-order valence-corrected chi connectivity index (χ3v) is 4.28. The van der Waals surface area contributed by atoms with Crippen LogP contribution >= 0.6 is 0 Å². The Morgan fingerprint density at radius 1 is 1.50 bits per heavy atom. The van der Waals surface area contributed by atoms with E-state index in [2.05, 4.69) is 4.74 Å². The molecular formula is C11H16O4S. The second-order valence-electron chi connectivity index (χ2n) is 3.80. The standard InChI is InChI=1S/C11H16O4S/c1-5-16(13)11(2,3)9-7-6-8(15-9)10(12)14-4/h6-7H,5H2,1-4H3. The average Bonchev–Trinajstić information content (AvgIpc) is 2.76. The van der Waals surface area contributed by atoms with E-state index in [0.29, 0.717) is 11.5 Å². The van der Waals surface area contributed by atoms with Crippen LogP contribution < -0.4 is 0 Å². The minimum absolute atomic E-state index is 0.138. The lowest BCUT2D eigenvalue weighted by molar-refractivity contribution is 0.0562. The van der Waals surface area contributed by atoms with Crippen molar-refractivity contribution in [3.8, 4) is 0 Å². The summed E-state index contributed by atoms with van der Waals surface area (Å²) in [6, 6.07) is 3.20. The van der Waals surface area contributed by atoms with Crippen molar-refractivity contribution in [3.05, 3.63) is 23.7 Å². The van der Waals surface area contributed by atoms with Crippen molar-refractivity contribution >= 4 is 16.8 Å². The van der Waals surface area contributed by atoms with E-state index in [1.54, 1.807) is 6.07 Å². The molecule has 1 unspecified atom stereocenters. The molecule has 0 aliphatic heterocycles. The van der Waals surface area contributed by atoms with E-state index in [1.807, 2.05) is 20.8 Å². The first-order valence-corrected chi connectivity index (χ1v) is 6.32. The van der Waals surface area contributed by atoms with E-state index in [-0.39, 0.29) is 5.76 Å². The molecule has 0 aliphatic carbocycles. The third kappa shape index (κ3) is 2.35. The summed E-state index contributed by atoms with van der Waals surface area (Å²) in [7, 11) is 0.256. The van der Waals surface area contributed by atoms with Crippen LogP contribution in [0.25, 0.3) is 0 Å². The molecule has 0 saturated carbocycles. The quantitative estimate of drug-likeness (QED) is 0.761. The van der Waals surface area contributed by atoms with E-state index in [9.17, 15) is 9.00 Å². The van der Waals surface area contributed by atoms with E-state index in [0.717, 1.165) is 0 Å². The first-order chi connectivity index (χ1) is 7.43. The van der Waals surface area contributed by atoms with Gasteiger partial charge in [-0.3, -0.25) is 4.21 Å². The molecule has 4 nitrogen and oxygen atoms in total. The smallest absolute Gasteiger partial charge is 0.373 e. The van der Waals surface area contributed by atoms with Crippen molar-refractivity contribution < 1.29 is 18.2 Å². The lowest BCUT2D eigenvalue weighted by Gasteiger charge is -2.20. The van der Waals surface area contributed by atoms with Crippen LogP contribution in [0, 0.1) is 0 Å². The van der Waals surface area contributed by atoms with Crippen LogP contribution in [-0.2, 0) is 20.3 Å². The van der Waals surface area contributed by atoms with Crippen molar-refractivity contribution in [2.75, 3.05) is 12.9 Å². The van der Waals surface area contributed by atoms with Crippen molar-refractivity contribution in [1.29, 1.82) is 0 Å². The van der Waals surface area contributed by atoms with Crippen molar-refractivity contribution in [3.63, 3.8) is 0 Å². The Labute approximate surface area is 97.4 Å². The number of hydrogen-bond acceptors (Lipinski definition) is 4. The number of ether oxygens (including phenoxy) is 1. The molecule has 1 rings (SSSR count). The largest absolute Gasteiger partial charge is 0.463 e. The van der Waals surface area contributed by atoms with Gasteiger partial charge in [-0.15, -0.1) is 0 Å². The fourth-order valence-corrected chi connectivity index (χ4v) is 2.40. The summed E-state index contributed by atoms with van der Waals surface area (Å²) < 4.78 is 21.1. The van der Waals surface area contributed by atoms with Crippen LogP contribution in [0.3, 0.4) is 0 Å². The van der Waals surface area contributed by atoms with Gasteiger partial charge in [-0.25, -0.2) is 4.79 Å². The predicted octanol–water partition coefficient (Wildman–Crippen LogP) is 2.07. The molecule has 1 atom stereocenters. The lowest BCUT2D eigenvalue weighted by Crippen LogP contribution is -2.24. The van der Waals surface area contributed by atoms with Crippen LogP contribution in [0.4, 0.5) is 0 Å². The zero-order valence-corrected chi connectivity index (χ0v) is 10.7. The minimum Gasteiger partial charge on any atom is -0.463 e. The van der Waals surface area contributed by atoms with Crippen LogP contribution in [-0.4, -0.2) is 23.0 Å². The summed E-state index contributed by atoms with van der Waals surface area (Å²) in [4.78, 5) is 11.2. The van der Waals surface area contributed by atoms with Gasteiger partial charge in [-0.05, 0) is 26.0 Å². The molecular weight excluding hydrogens is 228 g/mol. The van der Waals surface area contributed by atoms with Gasteiger partial charge in [0.15, 0.2) is 0 Å². The highest BCUT2D eigenvalue weighted by atomic mass is 32.2. The van der Waals surface area contributed by atoms with Crippen molar-refractivity contribution in [2.45, 2.75) is 25.5 Å². The molecule has 0 spiro atoms. The van der Waals surface area contributed by atoms with Gasteiger partial charge in [0.05, 0.1) is 11.9 Å². The Hall–Kier alpha value is -1.10. The fraction of sp³-hybridized carbons (Fsp3) is 0.545. The van der Waals surface area contributed by atoms with Gasteiger partial charge < -0.3 is 9.15 Å². The molecule has 1 aromatic heterocycles. The number of methoxy groups -OCH3 is 1. The van der Waals surface area contributed by atoms with Gasteiger partial charge in [-0.1, -0.05) is 6.92 Å². The van der Waals surface area contributed by atoms with Gasteiger partial charge in [-0.2, -0.15) is 0 Å². The highest BCUT2D eigenvalue weighted by molar-refractivity contribution is 7.85. The maximum absolute atomic E-state index is 11.8. The number of hydrogen-bond donors (Lipinski definition) is 0. The van der Waals surface area contributed by atoms with E-state index in [1.165, 1.54) is 13.2 Å². The SMILES string of the molecule is CCS(=O)C(C)(C)c1ccc(C(=O)OC)o1. The Bertz CT molecular complexity index is 406. The number of carbonyl (C=O) groups excluding carboxylic acids is 1. The van der Waals surface area contributed by atoms with Crippen LogP contribution in [0.5, 0.6) is 0 Å². The Morgan fingerprint density at radius 2 is 2.12 bits per heavy atom. The highest BCUT2D eigenvalue weighted by Gasteiger charge is 2.31. The van der Waals surface area contributed by atoms with Crippen LogP contribution in [0.2, 0.25) is 0 Å². The maximum Gasteiger partial charge on any atom is 0.373 e. The number of furan rings is 1. The molecule has 0 aliphatic rings. The summed E-state index contributed by atoms with van der Waals surface area (Å²) >= 11 is 0. The summed E-state index contributed by atoms with van der Waals surface area (Å²) in [6.07, 6.45) is 0. The molecule has 0 bridgehead atoms. The molecule has 0 radical (unpaired) electrons. The normalized spacial score (nSPS) is 13.5. The maximum atomic E-state index is 11.8. The van der Waals surface area contributed by atoms with Gasteiger partial charge in [0.25, 0.3) is 0 Å². The second-order valence-corrected chi connectivity index (χ2v) is 6.09. The van der Waals surface area contributed by atoms with Crippen molar-refractivity contribution in [1.82, 2.24) is 0 Å². The fourth-order valence-electron chi connectivity index (χ4n) is 1.34. The van der Waals surface area contributed by atoms with E-state index in [4.69, 9.17) is 4.42 Å². The summed E-state index contributed by atoms with van der Waals surface area (Å²) in [6.45, 7) is 5.50. The van der Waals surface area contributed by atoms with Gasteiger partial charge >= 0.3 is 5.97 Å². The summed E-state index contributed by atoms with van der Waals surface area (Å²) in [5.41, 5.74) is 0. The number of carbonyl (C=O) groups is 1. The molecule has 16 heavy (non-hydrogen) atoms. The molecule has 0 fully saturated rings. The second kappa shape index (κ2) is 4.82. The minimum atomic E-state index is -1.04. The van der Waals surface area contributed by atoms with Gasteiger partial charge in [0.1, 0.15) is 5.76 Å². The van der Waals surface area contributed by atoms with Crippen molar-refractivity contribution in [2.24, 2.45) is 0 Å².